The van der Waals surface area contributed by atoms with E-state index in [-0.39, 0.29) is 11.4 Å². The number of hydrogen-bond acceptors (Lipinski definition) is 3. The van der Waals surface area contributed by atoms with Gasteiger partial charge < -0.3 is 4.57 Å². The highest BCUT2D eigenvalue weighted by molar-refractivity contribution is 9.10. The van der Waals surface area contributed by atoms with Crippen LogP contribution in [0, 0.1) is 22.7 Å². The lowest BCUT2D eigenvalue weighted by Gasteiger charge is -2.01. The highest BCUT2D eigenvalue weighted by Crippen LogP contribution is 2.22. The highest BCUT2D eigenvalue weighted by Gasteiger charge is 2.14. The Balaban J connectivity index is 2.62. The molecule has 2 aromatic rings. The fraction of sp³-hybridized carbons (Fsp3) is 0.0833. The fourth-order valence-corrected chi connectivity index (χ4v) is 1.83. The van der Waals surface area contributed by atoms with Crippen molar-refractivity contribution in [3.05, 3.63) is 40.1 Å². The summed E-state index contributed by atoms with van der Waals surface area (Å²) in [5.74, 6) is 0.616. The molecule has 0 unspecified atom stereocenters. The fourth-order valence-electron chi connectivity index (χ4n) is 1.56. The van der Waals surface area contributed by atoms with E-state index in [9.17, 15) is 0 Å². The van der Waals surface area contributed by atoms with Crippen molar-refractivity contribution in [2.45, 2.75) is 0 Å². The zero-order chi connectivity index (χ0) is 12.4. The van der Waals surface area contributed by atoms with Gasteiger partial charge in [0.15, 0.2) is 11.4 Å². The lowest BCUT2D eigenvalue weighted by molar-refractivity contribution is 0.907. The molecular formula is C12H7BrN4. The largest absolute Gasteiger partial charge is 0.318 e. The summed E-state index contributed by atoms with van der Waals surface area (Å²) in [4.78, 5) is 4.16. The Morgan fingerprint density at radius 3 is 2.29 bits per heavy atom. The molecule has 0 saturated carbocycles. The van der Waals surface area contributed by atoms with E-state index in [1.807, 2.05) is 36.4 Å². The monoisotopic (exact) mass is 286 g/mol. The number of rotatable bonds is 1. The van der Waals surface area contributed by atoms with E-state index in [4.69, 9.17) is 10.5 Å². The van der Waals surface area contributed by atoms with Crippen molar-refractivity contribution in [2.75, 3.05) is 0 Å². The lowest BCUT2D eigenvalue weighted by Crippen LogP contribution is -1.95. The van der Waals surface area contributed by atoms with Crippen molar-refractivity contribution < 1.29 is 0 Å². The third-order valence-corrected chi connectivity index (χ3v) is 2.94. The number of nitriles is 2. The summed E-state index contributed by atoms with van der Waals surface area (Å²) in [6.45, 7) is 0. The summed E-state index contributed by atoms with van der Waals surface area (Å²) in [6.07, 6.45) is 0. The van der Waals surface area contributed by atoms with Gasteiger partial charge >= 0.3 is 0 Å². The van der Waals surface area contributed by atoms with Crippen LogP contribution in [0.1, 0.15) is 11.4 Å². The van der Waals surface area contributed by atoms with Gasteiger partial charge in [0, 0.05) is 17.1 Å². The SMILES string of the molecule is Cn1c(-c2ccc(Br)cc2)nc(C#N)c1C#N. The van der Waals surface area contributed by atoms with Crippen molar-refractivity contribution in [3.8, 4) is 23.5 Å². The van der Waals surface area contributed by atoms with E-state index in [1.165, 1.54) is 0 Å². The Morgan fingerprint density at radius 2 is 1.82 bits per heavy atom. The molecule has 1 heterocycles. The van der Waals surface area contributed by atoms with E-state index in [0.717, 1.165) is 10.0 Å². The molecule has 0 bridgehead atoms. The van der Waals surface area contributed by atoms with Crippen LogP contribution in [0.15, 0.2) is 28.7 Å². The van der Waals surface area contributed by atoms with Gasteiger partial charge in [0.1, 0.15) is 18.0 Å². The van der Waals surface area contributed by atoms with Crippen LogP contribution < -0.4 is 0 Å². The van der Waals surface area contributed by atoms with Crippen LogP contribution in [0.4, 0.5) is 0 Å². The summed E-state index contributed by atoms with van der Waals surface area (Å²) in [6, 6.07) is 11.5. The Morgan fingerprint density at radius 1 is 1.18 bits per heavy atom. The quantitative estimate of drug-likeness (QED) is 0.809. The van der Waals surface area contributed by atoms with Crippen LogP contribution in [-0.4, -0.2) is 9.55 Å². The van der Waals surface area contributed by atoms with Gasteiger partial charge in [-0.15, -0.1) is 0 Å². The Hall–Kier alpha value is -2.11. The van der Waals surface area contributed by atoms with Crippen LogP contribution in [0.3, 0.4) is 0 Å². The predicted molar refractivity (Wildman–Crippen MR) is 65.8 cm³/mol. The number of imidazole rings is 1. The smallest absolute Gasteiger partial charge is 0.177 e. The number of halogens is 1. The number of aromatic nitrogens is 2. The molecule has 0 aliphatic heterocycles. The van der Waals surface area contributed by atoms with Gasteiger partial charge in [-0.05, 0) is 12.1 Å². The molecule has 0 atom stereocenters. The maximum absolute atomic E-state index is 8.97. The maximum atomic E-state index is 8.97. The Labute approximate surface area is 107 Å². The molecule has 0 radical (unpaired) electrons. The number of benzene rings is 1. The van der Waals surface area contributed by atoms with Gasteiger partial charge in [-0.3, -0.25) is 0 Å². The van der Waals surface area contributed by atoms with E-state index in [2.05, 4.69) is 20.9 Å². The van der Waals surface area contributed by atoms with Gasteiger partial charge in [0.2, 0.25) is 0 Å². The van der Waals surface area contributed by atoms with Crippen LogP contribution in [0.5, 0.6) is 0 Å². The third-order valence-electron chi connectivity index (χ3n) is 2.41. The number of nitrogens with zero attached hydrogens (tertiary/aromatic N) is 4. The van der Waals surface area contributed by atoms with E-state index >= 15 is 0 Å². The molecule has 1 aromatic heterocycles. The first-order chi connectivity index (χ1) is 8.17. The standard InChI is InChI=1S/C12H7BrN4/c1-17-11(7-15)10(6-14)16-12(17)8-2-4-9(13)5-3-8/h2-5H,1H3. The summed E-state index contributed by atoms with van der Waals surface area (Å²) in [5, 5.41) is 17.9. The molecule has 0 aliphatic carbocycles. The molecular weight excluding hydrogens is 280 g/mol. The topological polar surface area (TPSA) is 65.4 Å². The van der Waals surface area contributed by atoms with Crippen LogP contribution in [-0.2, 0) is 7.05 Å². The molecule has 0 aliphatic rings. The zero-order valence-electron chi connectivity index (χ0n) is 8.98. The maximum Gasteiger partial charge on any atom is 0.177 e. The normalized spacial score (nSPS) is 9.65. The van der Waals surface area contributed by atoms with Gasteiger partial charge in [-0.2, -0.15) is 10.5 Å². The summed E-state index contributed by atoms with van der Waals surface area (Å²) in [5.41, 5.74) is 1.31. The second-order valence-electron chi connectivity index (χ2n) is 3.42. The highest BCUT2D eigenvalue weighted by atomic mass is 79.9. The molecule has 82 valence electrons. The van der Waals surface area contributed by atoms with Gasteiger partial charge in [-0.1, -0.05) is 28.1 Å². The second kappa shape index (κ2) is 4.40. The molecule has 0 saturated heterocycles. The van der Waals surface area contributed by atoms with Gasteiger partial charge in [-0.25, -0.2) is 4.98 Å². The first kappa shape index (κ1) is 11.4. The molecule has 1 aromatic carbocycles. The van der Waals surface area contributed by atoms with Crippen molar-refractivity contribution >= 4 is 15.9 Å². The van der Waals surface area contributed by atoms with Gasteiger partial charge in [0.05, 0.1) is 0 Å². The minimum Gasteiger partial charge on any atom is -0.318 e. The number of hydrogen-bond donors (Lipinski definition) is 0. The van der Waals surface area contributed by atoms with Crippen LogP contribution in [0.2, 0.25) is 0 Å². The van der Waals surface area contributed by atoms with Gasteiger partial charge in [0.25, 0.3) is 0 Å². The average Bonchev–Trinajstić information content (AvgIpc) is 2.66. The zero-order valence-corrected chi connectivity index (χ0v) is 10.6. The van der Waals surface area contributed by atoms with Crippen molar-refractivity contribution in [1.82, 2.24) is 9.55 Å². The third kappa shape index (κ3) is 1.93. The van der Waals surface area contributed by atoms with Crippen molar-refractivity contribution in [1.29, 1.82) is 10.5 Å². The molecule has 0 spiro atoms. The minimum absolute atomic E-state index is 0.160. The second-order valence-corrected chi connectivity index (χ2v) is 4.34. The average molecular weight is 287 g/mol. The summed E-state index contributed by atoms with van der Waals surface area (Å²) in [7, 11) is 1.73. The minimum atomic E-state index is 0.160. The molecule has 0 fully saturated rings. The molecule has 0 amide bonds. The molecule has 5 heteroatoms. The van der Waals surface area contributed by atoms with Crippen LogP contribution in [0.25, 0.3) is 11.4 Å². The summed E-state index contributed by atoms with van der Waals surface area (Å²) < 4.78 is 2.60. The lowest BCUT2D eigenvalue weighted by atomic mass is 10.2. The van der Waals surface area contributed by atoms with Crippen LogP contribution >= 0.6 is 15.9 Å². The molecule has 17 heavy (non-hydrogen) atoms. The first-order valence-corrected chi connectivity index (χ1v) is 5.59. The predicted octanol–water partition coefficient (Wildman–Crippen LogP) is 2.59. The van der Waals surface area contributed by atoms with E-state index < -0.39 is 0 Å². The first-order valence-electron chi connectivity index (χ1n) is 4.80. The molecule has 0 N–H and O–H groups in total. The molecule has 2 rings (SSSR count). The van der Waals surface area contributed by atoms with Crippen molar-refractivity contribution in [3.63, 3.8) is 0 Å². The molecule has 4 nitrogen and oxygen atoms in total. The van der Waals surface area contributed by atoms with Crippen molar-refractivity contribution in [2.24, 2.45) is 7.05 Å². The Bertz CT molecular complexity index is 641. The summed E-state index contributed by atoms with van der Waals surface area (Å²) >= 11 is 3.35. The Kier molecular flexibility index (Phi) is 2.95. The van der Waals surface area contributed by atoms with E-state index in [0.29, 0.717) is 5.82 Å². The van der Waals surface area contributed by atoms with E-state index in [1.54, 1.807) is 11.6 Å².